The molecule has 0 unspecified atom stereocenters. The minimum atomic E-state index is -0.408. The summed E-state index contributed by atoms with van der Waals surface area (Å²) in [6.45, 7) is 2.50. The molecule has 34 heavy (non-hydrogen) atoms. The number of hydrogen-bond donors (Lipinski definition) is 1. The average Bonchev–Trinajstić information content (AvgIpc) is 3.41. The third-order valence-electron chi connectivity index (χ3n) is 6.87. The third kappa shape index (κ3) is 3.62. The molecule has 2 aromatic carbocycles. The normalized spacial score (nSPS) is 16.9. The van der Waals surface area contributed by atoms with Crippen LogP contribution in [0.4, 0.5) is 14.9 Å². The van der Waals surface area contributed by atoms with Crippen LogP contribution in [-0.4, -0.2) is 15.5 Å². The van der Waals surface area contributed by atoms with Gasteiger partial charge < -0.3 is 14.8 Å². The zero-order valence-corrected chi connectivity index (χ0v) is 19.9. The number of benzene rings is 2. The van der Waals surface area contributed by atoms with Gasteiger partial charge in [-0.25, -0.2) is 9.18 Å². The van der Waals surface area contributed by atoms with Gasteiger partial charge in [0.2, 0.25) is 0 Å². The number of thiophene rings is 1. The number of aryl methyl sites for hydroxylation is 2. The molecule has 0 radical (unpaired) electrons. The van der Waals surface area contributed by atoms with Crippen molar-refractivity contribution >= 4 is 23.1 Å². The molecule has 0 bridgehead atoms. The molecular formula is C28H26FN3OS. The summed E-state index contributed by atoms with van der Waals surface area (Å²) in [6, 6.07) is 17.9. The maximum Gasteiger partial charge on any atom is 0.322 e. The van der Waals surface area contributed by atoms with Crippen LogP contribution in [0.3, 0.4) is 0 Å². The monoisotopic (exact) mass is 471 g/mol. The summed E-state index contributed by atoms with van der Waals surface area (Å²) in [4.78, 5) is 17.2. The molecule has 2 aliphatic rings. The van der Waals surface area contributed by atoms with E-state index in [1.165, 1.54) is 39.9 Å². The lowest BCUT2D eigenvalue weighted by Gasteiger charge is -2.31. The molecular weight excluding hydrogens is 445 g/mol. The Morgan fingerprint density at radius 3 is 2.74 bits per heavy atom. The number of anilines is 1. The number of urea groups is 1. The van der Waals surface area contributed by atoms with Crippen LogP contribution >= 0.6 is 11.3 Å². The second kappa shape index (κ2) is 8.44. The van der Waals surface area contributed by atoms with Crippen LogP contribution in [0.15, 0.2) is 66.9 Å². The minimum absolute atomic E-state index is 0.184. The van der Waals surface area contributed by atoms with E-state index in [1.807, 2.05) is 59.6 Å². The summed E-state index contributed by atoms with van der Waals surface area (Å²) in [5.74, 6) is -0.300. The molecule has 6 heteroatoms. The summed E-state index contributed by atoms with van der Waals surface area (Å²) in [5.41, 5.74) is 6.22. The lowest BCUT2D eigenvalue weighted by molar-refractivity contribution is 0.194. The standard InChI is InChI=1S/C28H26FN3OS/c1-18-7-4-10-21(15-18)30-28(33)32-17-23-22-11-2-3-13-25(22)34-27(23)31-14-6-12-24(31)26(32)19-8-5-9-20(29)16-19/h4-10,12,14-16,26H,2-3,11,13,17H2,1H3,(H,30,33)/t26-/m1/s1. The van der Waals surface area contributed by atoms with E-state index in [-0.39, 0.29) is 11.8 Å². The predicted molar refractivity (Wildman–Crippen MR) is 134 cm³/mol. The van der Waals surface area contributed by atoms with Crippen molar-refractivity contribution < 1.29 is 9.18 Å². The topological polar surface area (TPSA) is 37.3 Å². The first-order valence-electron chi connectivity index (χ1n) is 11.8. The number of fused-ring (bicyclic) bond motifs is 5. The van der Waals surface area contributed by atoms with Crippen LogP contribution < -0.4 is 5.32 Å². The first kappa shape index (κ1) is 21.2. The van der Waals surface area contributed by atoms with Gasteiger partial charge in [0.15, 0.2) is 0 Å². The van der Waals surface area contributed by atoms with Gasteiger partial charge in [0.25, 0.3) is 0 Å². The van der Waals surface area contributed by atoms with Gasteiger partial charge in [-0.3, -0.25) is 0 Å². The van der Waals surface area contributed by atoms with Crippen molar-refractivity contribution in [1.82, 2.24) is 9.47 Å². The molecule has 2 aromatic heterocycles. The SMILES string of the molecule is Cc1cccc(NC(=O)N2Cc3c(sc4c3CCCC4)-n3cccc3[C@H]2c2cccc(F)c2)c1. The third-order valence-corrected chi connectivity index (χ3v) is 8.21. The molecule has 2 amide bonds. The number of hydrogen-bond acceptors (Lipinski definition) is 2. The molecule has 172 valence electrons. The predicted octanol–water partition coefficient (Wildman–Crippen LogP) is 7.00. The van der Waals surface area contributed by atoms with Gasteiger partial charge in [0, 0.05) is 22.3 Å². The Balaban J connectivity index is 1.51. The highest BCUT2D eigenvalue weighted by Gasteiger charge is 2.36. The Morgan fingerprint density at radius 1 is 1.03 bits per heavy atom. The molecule has 4 nitrogen and oxygen atoms in total. The first-order valence-corrected chi connectivity index (χ1v) is 12.6. The van der Waals surface area contributed by atoms with Crippen molar-refractivity contribution in [2.24, 2.45) is 0 Å². The van der Waals surface area contributed by atoms with Gasteiger partial charge in [-0.1, -0.05) is 24.3 Å². The van der Waals surface area contributed by atoms with Crippen LogP contribution in [0, 0.1) is 12.7 Å². The van der Waals surface area contributed by atoms with Crippen LogP contribution in [0.2, 0.25) is 0 Å². The van der Waals surface area contributed by atoms with Crippen LogP contribution in [0.25, 0.3) is 5.00 Å². The van der Waals surface area contributed by atoms with Gasteiger partial charge in [-0.05, 0) is 85.7 Å². The lowest BCUT2D eigenvalue weighted by Crippen LogP contribution is -2.38. The van der Waals surface area contributed by atoms with Crippen molar-refractivity contribution in [2.45, 2.75) is 45.2 Å². The smallest absolute Gasteiger partial charge is 0.310 e. The van der Waals surface area contributed by atoms with Crippen molar-refractivity contribution in [2.75, 3.05) is 5.32 Å². The quantitative estimate of drug-likeness (QED) is 0.336. The number of nitrogens with one attached hydrogen (secondary N) is 1. The number of nitrogens with zero attached hydrogens (tertiary/aromatic N) is 2. The number of rotatable bonds is 2. The molecule has 3 heterocycles. The zero-order chi connectivity index (χ0) is 23.2. The fourth-order valence-corrected chi connectivity index (χ4v) is 6.74. The molecule has 1 atom stereocenters. The maximum atomic E-state index is 14.3. The highest BCUT2D eigenvalue weighted by Crippen LogP contribution is 2.44. The molecule has 0 fully saturated rings. The Hall–Kier alpha value is -3.38. The van der Waals surface area contributed by atoms with Gasteiger partial charge in [-0.15, -0.1) is 11.3 Å². The Bertz CT molecular complexity index is 1390. The highest BCUT2D eigenvalue weighted by molar-refractivity contribution is 7.15. The zero-order valence-electron chi connectivity index (χ0n) is 19.1. The molecule has 0 spiro atoms. The Labute approximate surface area is 202 Å². The number of aromatic nitrogens is 1. The fourth-order valence-electron chi connectivity index (χ4n) is 5.33. The second-order valence-electron chi connectivity index (χ2n) is 9.18. The first-order chi connectivity index (χ1) is 16.6. The van der Waals surface area contributed by atoms with Crippen LogP contribution in [-0.2, 0) is 19.4 Å². The van der Waals surface area contributed by atoms with E-state index >= 15 is 0 Å². The molecule has 6 rings (SSSR count). The van der Waals surface area contributed by atoms with E-state index in [1.54, 1.807) is 12.1 Å². The van der Waals surface area contributed by atoms with Crippen molar-refractivity contribution in [3.05, 3.63) is 106 Å². The van der Waals surface area contributed by atoms with E-state index in [0.717, 1.165) is 35.3 Å². The second-order valence-corrected chi connectivity index (χ2v) is 10.3. The molecule has 4 aromatic rings. The summed E-state index contributed by atoms with van der Waals surface area (Å²) >= 11 is 1.85. The van der Waals surface area contributed by atoms with Crippen molar-refractivity contribution in [1.29, 1.82) is 0 Å². The van der Waals surface area contributed by atoms with E-state index in [2.05, 4.69) is 22.1 Å². The largest absolute Gasteiger partial charge is 0.322 e. The van der Waals surface area contributed by atoms with E-state index in [0.29, 0.717) is 6.54 Å². The van der Waals surface area contributed by atoms with Gasteiger partial charge >= 0.3 is 6.03 Å². The maximum absolute atomic E-state index is 14.3. The molecule has 0 saturated carbocycles. The van der Waals surface area contributed by atoms with Gasteiger partial charge in [0.1, 0.15) is 10.8 Å². The summed E-state index contributed by atoms with van der Waals surface area (Å²) in [7, 11) is 0. The van der Waals surface area contributed by atoms with Gasteiger partial charge in [0.05, 0.1) is 18.3 Å². The van der Waals surface area contributed by atoms with Crippen LogP contribution in [0.5, 0.6) is 0 Å². The minimum Gasteiger partial charge on any atom is -0.310 e. The lowest BCUT2D eigenvalue weighted by atomic mass is 9.95. The van der Waals surface area contributed by atoms with E-state index < -0.39 is 6.04 Å². The average molecular weight is 472 g/mol. The number of amides is 2. The summed E-state index contributed by atoms with van der Waals surface area (Å²) in [5, 5.41) is 4.30. The van der Waals surface area contributed by atoms with E-state index in [4.69, 9.17) is 0 Å². The molecule has 1 N–H and O–H groups in total. The highest BCUT2D eigenvalue weighted by atomic mass is 32.1. The molecule has 0 saturated heterocycles. The van der Waals surface area contributed by atoms with Gasteiger partial charge in [-0.2, -0.15) is 0 Å². The number of carbonyl (C=O) groups excluding carboxylic acids is 1. The molecule has 1 aliphatic heterocycles. The van der Waals surface area contributed by atoms with Crippen LogP contribution in [0.1, 0.15) is 51.7 Å². The molecule has 1 aliphatic carbocycles. The summed E-state index contributed by atoms with van der Waals surface area (Å²) in [6.07, 6.45) is 6.62. The Morgan fingerprint density at radius 2 is 1.88 bits per heavy atom. The van der Waals surface area contributed by atoms with Crippen molar-refractivity contribution in [3.8, 4) is 5.00 Å². The van der Waals surface area contributed by atoms with E-state index in [9.17, 15) is 9.18 Å². The number of carbonyl (C=O) groups is 1. The number of halogens is 1. The summed E-state index contributed by atoms with van der Waals surface area (Å²) < 4.78 is 16.6. The Kier molecular flexibility index (Phi) is 5.26. The fraction of sp³-hybridized carbons (Fsp3) is 0.250. The van der Waals surface area contributed by atoms with Crippen molar-refractivity contribution in [3.63, 3.8) is 0 Å².